The second kappa shape index (κ2) is 12.5. The zero-order chi connectivity index (χ0) is 21.7. The van der Waals surface area contributed by atoms with Crippen molar-refractivity contribution in [1.82, 2.24) is 0 Å². The van der Waals surface area contributed by atoms with Gasteiger partial charge in [0.25, 0.3) is 0 Å². The molecule has 0 amide bonds. The van der Waals surface area contributed by atoms with Crippen molar-refractivity contribution in [3.05, 3.63) is 93.4 Å². The van der Waals surface area contributed by atoms with Crippen LogP contribution in [0.4, 0.5) is 0 Å². The molecular formula is C31H32. The Balaban J connectivity index is 1.62. The minimum Gasteiger partial charge on any atom is -0.0654 e. The first-order valence-electron chi connectivity index (χ1n) is 11.7. The van der Waals surface area contributed by atoms with Crippen molar-refractivity contribution in [1.29, 1.82) is 0 Å². The Labute approximate surface area is 188 Å². The summed E-state index contributed by atoms with van der Waals surface area (Å²) >= 11 is 0. The summed E-state index contributed by atoms with van der Waals surface area (Å²) in [6.07, 6.45) is 10.4. The third-order valence-electron chi connectivity index (χ3n) is 5.50. The summed E-state index contributed by atoms with van der Waals surface area (Å²) in [7, 11) is 0. The van der Waals surface area contributed by atoms with Gasteiger partial charge in [0.1, 0.15) is 0 Å². The molecule has 0 nitrogen and oxygen atoms in total. The molecule has 0 atom stereocenters. The lowest BCUT2D eigenvalue weighted by atomic mass is 10.0. The van der Waals surface area contributed by atoms with Crippen molar-refractivity contribution < 1.29 is 0 Å². The van der Waals surface area contributed by atoms with Gasteiger partial charge in [-0.3, -0.25) is 0 Å². The fourth-order valence-electron chi connectivity index (χ4n) is 3.48. The van der Waals surface area contributed by atoms with Crippen LogP contribution in [0.25, 0.3) is 0 Å². The maximum Gasteiger partial charge on any atom is 0.0529 e. The molecule has 2 aromatic rings. The molecule has 0 aliphatic heterocycles. The minimum absolute atomic E-state index is 0.884. The second-order valence-electron chi connectivity index (χ2n) is 8.16. The van der Waals surface area contributed by atoms with Gasteiger partial charge >= 0.3 is 0 Å². The summed E-state index contributed by atoms with van der Waals surface area (Å²) < 4.78 is 0. The van der Waals surface area contributed by atoms with Crippen LogP contribution in [-0.4, -0.2) is 0 Å². The van der Waals surface area contributed by atoms with E-state index >= 15 is 0 Å². The fraction of sp³-hybridized carbons (Fsp3) is 0.355. The highest BCUT2D eigenvalue weighted by molar-refractivity contribution is 5.45. The predicted molar refractivity (Wildman–Crippen MR) is 132 cm³/mol. The molecule has 0 spiro atoms. The van der Waals surface area contributed by atoms with Gasteiger partial charge in [-0.05, 0) is 73.9 Å². The Morgan fingerprint density at radius 1 is 0.581 bits per heavy atom. The molecule has 2 aromatic carbocycles. The molecule has 156 valence electrons. The van der Waals surface area contributed by atoms with Crippen LogP contribution in [0.3, 0.4) is 0 Å². The Bertz CT molecular complexity index is 1070. The Morgan fingerprint density at radius 2 is 1.03 bits per heavy atom. The van der Waals surface area contributed by atoms with Gasteiger partial charge in [-0.2, -0.15) is 0 Å². The van der Waals surface area contributed by atoms with Crippen LogP contribution in [0.1, 0.15) is 81.0 Å². The Kier molecular flexibility index (Phi) is 9.11. The van der Waals surface area contributed by atoms with E-state index in [9.17, 15) is 0 Å². The third kappa shape index (κ3) is 7.89. The number of hydrogen-bond acceptors (Lipinski definition) is 0. The molecule has 3 rings (SSSR count). The molecule has 0 radical (unpaired) electrons. The van der Waals surface area contributed by atoms with E-state index in [1.54, 1.807) is 0 Å². The van der Waals surface area contributed by atoms with Gasteiger partial charge in [-0.1, -0.05) is 92.5 Å². The number of aryl methyl sites for hydroxylation is 2. The molecule has 0 heteroatoms. The summed E-state index contributed by atoms with van der Waals surface area (Å²) in [5.41, 5.74) is 13.3. The molecule has 0 N–H and O–H groups in total. The zero-order valence-electron chi connectivity index (χ0n) is 19.0. The Morgan fingerprint density at radius 3 is 1.45 bits per heavy atom. The normalized spacial score (nSPS) is 12.2. The van der Waals surface area contributed by atoms with Crippen LogP contribution >= 0.6 is 0 Å². The van der Waals surface area contributed by atoms with Crippen LogP contribution in [0.2, 0.25) is 0 Å². The Hall–Kier alpha value is -3.14. The number of allylic oxidation sites excluding steroid dienone is 2. The first kappa shape index (κ1) is 22.5. The molecule has 0 aromatic heterocycles. The van der Waals surface area contributed by atoms with Crippen LogP contribution < -0.4 is 0 Å². The topological polar surface area (TPSA) is 0 Å². The first-order valence-corrected chi connectivity index (χ1v) is 11.7. The number of benzene rings is 2. The summed E-state index contributed by atoms with van der Waals surface area (Å²) in [5, 5.41) is 0. The number of unbranched alkanes of at least 4 members (excludes halogenated alkanes) is 3. The average Bonchev–Trinajstić information content (AvgIpc) is 2.82. The molecule has 0 bridgehead atoms. The van der Waals surface area contributed by atoms with E-state index in [1.165, 1.54) is 43.2 Å². The van der Waals surface area contributed by atoms with Gasteiger partial charge in [0.15, 0.2) is 0 Å². The van der Waals surface area contributed by atoms with Gasteiger partial charge < -0.3 is 0 Å². The van der Waals surface area contributed by atoms with Gasteiger partial charge in [-0.25, -0.2) is 0 Å². The molecule has 0 saturated carbocycles. The van der Waals surface area contributed by atoms with E-state index in [-0.39, 0.29) is 0 Å². The highest BCUT2D eigenvalue weighted by Crippen LogP contribution is 2.14. The zero-order valence-corrected chi connectivity index (χ0v) is 19.0. The maximum absolute atomic E-state index is 3.27. The standard InChI is InChI=1S/C31H32/c1-3-5-7-9-27-12-16-29(17-13-27)19-21-31-24-22-30(23-25-31)20-18-28-14-10-26(11-15-28)8-6-4-2/h10-17H,3-9,22,24H2,1-2H3. The lowest BCUT2D eigenvalue weighted by molar-refractivity contribution is 0.717. The van der Waals surface area contributed by atoms with E-state index in [4.69, 9.17) is 0 Å². The monoisotopic (exact) mass is 404 g/mol. The lowest BCUT2D eigenvalue weighted by Crippen LogP contribution is -1.88. The molecule has 0 heterocycles. The fourth-order valence-corrected chi connectivity index (χ4v) is 3.48. The van der Waals surface area contributed by atoms with Crippen LogP contribution in [0, 0.1) is 23.7 Å². The van der Waals surface area contributed by atoms with Crippen molar-refractivity contribution in [2.24, 2.45) is 0 Å². The minimum atomic E-state index is 0.884. The molecule has 31 heavy (non-hydrogen) atoms. The van der Waals surface area contributed by atoms with Gasteiger partial charge in [-0.15, -0.1) is 0 Å². The third-order valence-corrected chi connectivity index (χ3v) is 5.50. The van der Waals surface area contributed by atoms with Crippen LogP contribution in [0.15, 0.2) is 71.1 Å². The highest BCUT2D eigenvalue weighted by atomic mass is 14.0. The van der Waals surface area contributed by atoms with Gasteiger partial charge in [0.05, 0.1) is 11.1 Å². The smallest absolute Gasteiger partial charge is 0.0529 e. The van der Waals surface area contributed by atoms with Crippen molar-refractivity contribution in [2.75, 3.05) is 0 Å². The summed E-state index contributed by atoms with van der Waals surface area (Å²) in [6, 6.07) is 17.3. The maximum atomic E-state index is 3.27. The van der Waals surface area contributed by atoms with Gasteiger partial charge in [0, 0.05) is 11.1 Å². The molecule has 0 saturated heterocycles. The predicted octanol–water partition coefficient (Wildman–Crippen LogP) is 7.57. The van der Waals surface area contributed by atoms with E-state index in [2.05, 4.69) is 97.5 Å². The number of hydrogen-bond donors (Lipinski definition) is 0. The molecule has 1 aliphatic carbocycles. The summed E-state index contributed by atoms with van der Waals surface area (Å²) in [5.74, 6) is 13.0. The van der Waals surface area contributed by atoms with Crippen LogP contribution in [0.5, 0.6) is 0 Å². The molecular weight excluding hydrogens is 372 g/mol. The number of rotatable bonds is 7. The van der Waals surface area contributed by atoms with Gasteiger partial charge in [0.2, 0.25) is 0 Å². The summed E-state index contributed by atoms with van der Waals surface area (Å²) in [4.78, 5) is 0. The largest absolute Gasteiger partial charge is 0.0654 e. The second-order valence-corrected chi connectivity index (χ2v) is 8.16. The molecule has 0 unspecified atom stereocenters. The lowest BCUT2D eigenvalue weighted by Gasteiger charge is -2.01. The average molecular weight is 405 g/mol. The van der Waals surface area contributed by atoms with Crippen molar-refractivity contribution >= 4 is 0 Å². The van der Waals surface area contributed by atoms with Crippen LogP contribution in [-0.2, 0) is 12.8 Å². The molecule has 1 aliphatic rings. The van der Waals surface area contributed by atoms with Crippen molar-refractivity contribution in [3.63, 3.8) is 0 Å². The van der Waals surface area contributed by atoms with E-state index in [0.717, 1.165) is 48.0 Å². The SMILES string of the molecule is CCCCCc1ccc(C#CC2=C=C=C(C#Cc3ccc(CCCC)cc3)CC2)cc1. The van der Waals surface area contributed by atoms with Crippen molar-refractivity contribution in [2.45, 2.75) is 71.6 Å². The van der Waals surface area contributed by atoms with E-state index < -0.39 is 0 Å². The van der Waals surface area contributed by atoms with Crippen molar-refractivity contribution in [3.8, 4) is 23.7 Å². The molecule has 0 fully saturated rings. The highest BCUT2D eigenvalue weighted by Gasteiger charge is 2.01. The van der Waals surface area contributed by atoms with E-state index in [1.807, 2.05) is 0 Å². The first-order chi connectivity index (χ1) is 15.3. The summed E-state index contributed by atoms with van der Waals surface area (Å²) in [6.45, 7) is 4.47. The quantitative estimate of drug-likeness (QED) is 0.254. The van der Waals surface area contributed by atoms with E-state index in [0.29, 0.717) is 0 Å².